The van der Waals surface area contributed by atoms with E-state index in [1.165, 1.54) is 0 Å². The zero-order valence-electron chi connectivity index (χ0n) is 10.2. The molecule has 18 heavy (non-hydrogen) atoms. The maximum absolute atomic E-state index is 11.7. The van der Waals surface area contributed by atoms with Crippen LogP contribution in [0.2, 0.25) is 0 Å². The van der Waals surface area contributed by atoms with Crippen molar-refractivity contribution >= 4 is 22.3 Å². The largest absolute Gasteiger partial charge is 0.377 e. The van der Waals surface area contributed by atoms with E-state index in [1.54, 1.807) is 16.8 Å². The molecule has 2 aromatic heterocycles. The number of ether oxygens (including phenoxy) is 1. The van der Waals surface area contributed by atoms with Crippen LogP contribution < -0.4 is 5.56 Å². The molecule has 0 saturated carbocycles. The molecule has 0 atom stereocenters. The van der Waals surface area contributed by atoms with Crippen molar-refractivity contribution in [1.82, 2.24) is 14.5 Å². The monoisotopic (exact) mass is 269 g/mol. The fraction of sp³-hybridized carbons (Fsp3) is 0.455. The molecule has 6 nitrogen and oxygen atoms in total. The first-order chi connectivity index (χ1) is 8.63. The first-order valence-electron chi connectivity index (χ1n) is 5.68. The molecule has 0 aliphatic rings. The summed E-state index contributed by atoms with van der Waals surface area (Å²) < 4.78 is 18.6. The van der Waals surface area contributed by atoms with Gasteiger partial charge in [0.1, 0.15) is 16.8 Å². The Morgan fingerprint density at radius 1 is 1.50 bits per heavy atom. The van der Waals surface area contributed by atoms with Gasteiger partial charge in [0.2, 0.25) is 4.77 Å². The molecule has 0 radical (unpaired) electrons. The fourth-order valence-corrected chi connectivity index (χ4v) is 2.19. The third-order valence-electron chi connectivity index (χ3n) is 2.55. The van der Waals surface area contributed by atoms with Gasteiger partial charge in [0.15, 0.2) is 0 Å². The molecule has 98 valence electrons. The molecule has 0 saturated heterocycles. The molecule has 0 aliphatic carbocycles. The predicted octanol–water partition coefficient (Wildman–Crippen LogP) is 0.828. The van der Waals surface area contributed by atoms with Crippen molar-refractivity contribution < 1.29 is 8.95 Å². The summed E-state index contributed by atoms with van der Waals surface area (Å²) >= 11 is 0.275. The van der Waals surface area contributed by atoms with Crippen molar-refractivity contribution in [3.8, 4) is 0 Å². The van der Waals surface area contributed by atoms with Crippen molar-refractivity contribution in [3.05, 3.63) is 27.4 Å². The van der Waals surface area contributed by atoms with E-state index in [0.717, 1.165) is 0 Å². The minimum atomic E-state index is -0.283. The van der Waals surface area contributed by atoms with Crippen LogP contribution in [0.15, 0.2) is 17.1 Å². The molecule has 7 heteroatoms. The second kappa shape index (κ2) is 5.36. The van der Waals surface area contributed by atoms with Crippen molar-refractivity contribution in [1.29, 1.82) is 0 Å². The minimum Gasteiger partial charge on any atom is -0.377 e. The standard InChI is InChI=1S/C11H15N3O3S/c1-7(2)17-6-5-14-8-3-4-12-9(8)10(15)13-11(14)18-16/h3-4,7,12H,5-6H2,1-2H3,(H,13,15). The minimum absolute atomic E-state index is 0.137. The molecule has 2 rings (SSSR count). The Labute approximate surface area is 107 Å². The summed E-state index contributed by atoms with van der Waals surface area (Å²) in [7, 11) is 0. The molecule has 0 bridgehead atoms. The van der Waals surface area contributed by atoms with Gasteiger partial charge < -0.3 is 14.3 Å². The number of aromatic nitrogens is 3. The number of hydrogen-bond donors (Lipinski definition) is 2. The first-order valence-corrected chi connectivity index (χ1v) is 6.42. The van der Waals surface area contributed by atoms with Crippen LogP contribution in [-0.4, -0.2) is 31.5 Å². The van der Waals surface area contributed by atoms with Crippen LogP contribution in [0.5, 0.6) is 0 Å². The second-order valence-electron chi connectivity index (χ2n) is 4.15. The van der Waals surface area contributed by atoms with E-state index in [1.807, 2.05) is 13.8 Å². The number of hydrogen-bond acceptors (Lipinski definition) is 3. The Bertz CT molecular complexity index is 691. The number of rotatable bonds is 4. The van der Waals surface area contributed by atoms with Gasteiger partial charge in [-0.2, -0.15) is 0 Å². The summed E-state index contributed by atoms with van der Waals surface area (Å²) in [5, 5.41) is 0. The van der Waals surface area contributed by atoms with Crippen molar-refractivity contribution in [2.45, 2.75) is 26.5 Å². The van der Waals surface area contributed by atoms with E-state index < -0.39 is 0 Å². The quantitative estimate of drug-likeness (QED) is 0.807. The zero-order chi connectivity index (χ0) is 13.1. The summed E-state index contributed by atoms with van der Waals surface area (Å²) in [6, 6.07) is 1.78. The van der Waals surface area contributed by atoms with Crippen molar-refractivity contribution in [3.63, 3.8) is 0 Å². The van der Waals surface area contributed by atoms with E-state index in [4.69, 9.17) is 4.74 Å². The SMILES string of the molecule is CC(C)OCCn1c(=S=O)[nH]c(=O)c2[nH]ccc21. The van der Waals surface area contributed by atoms with Gasteiger partial charge in [-0.05, 0) is 19.9 Å². The molecular weight excluding hydrogens is 254 g/mol. The van der Waals surface area contributed by atoms with Crippen LogP contribution in [0, 0.1) is 4.77 Å². The number of nitrogens with one attached hydrogen (secondary N) is 2. The number of nitrogens with zero attached hydrogens (tertiary/aromatic N) is 1. The molecule has 0 aliphatic heterocycles. The van der Waals surface area contributed by atoms with Gasteiger partial charge in [-0.1, -0.05) is 0 Å². The molecule has 0 unspecified atom stereocenters. The Morgan fingerprint density at radius 3 is 2.94 bits per heavy atom. The van der Waals surface area contributed by atoms with Gasteiger partial charge >= 0.3 is 0 Å². The van der Waals surface area contributed by atoms with Crippen LogP contribution in [0.1, 0.15) is 13.8 Å². The van der Waals surface area contributed by atoms with Crippen LogP contribution in [-0.2, 0) is 22.5 Å². The van der Waals surface area contributed by atoms with Gasteiger partial charge in [-0.15, -0.1) is 0 Å². The van der Waals surface area contributed by atoms with Gasteiger partial charge in [0, 0.05) is 12.7 Å². The molecule has 0 fully saturated rings. The maximum Gasteiger partial charge on any atom is 0.276 e. The Morgan fingerprint density at radius 2 is 2.28 bits per heavy atom. The highest BCUT2D eigenvalue weighted by molar-refractivity contribution is 7.56. The van der Waals surface area contributed by atoms with Gasteiger partial charge in [0.05, 0.1) is 18.2 Å². The molecular formula is C11H15N3O3S. The van der Waals surface area contributed by atoms with E-state index in [2.05, 4.69) is 9.97 Å². The average molecular weight is 269 g/mol. The lowest BCUT2D eigenvalue weighted by Gasteiger charge is -2.10. The lowest BCUT2D eigenvalue weighted by Crippen LogP contribution is -2.18. The second-order valence-corrected chi connectivity index (χ2v) is 4.71. The van der Waals surface area contributed by atoms with E-state index in [9.17, 15) is 9.00 Å². The molecule has 0 amide bonds. The van der Waals surface area contributed by atoms with E-state index >= 15 is 0 Å². The van der Waals surface area contributed by atoms with Gasteiger partial charge in [-0.25, -0.2) is 4.21 Å². The highest BCUT2D eigenvalue weighted by Gasteiger charge is 2.06. The molecule has 2 N–H and O–H groups in total. The third-order valence-corrected chi connectivity index (χ3v) is 3.03. The van der Waals surface area contributed by atoms with Crippen LogP contribution in [0.25, 0.3) is 11.0 Å². The lowest BCUT2D eigenvalue weighted by molar-refractivity contribution is 0.0729. The van der Waals surface area contributed by atoms with Crippen LogP contribution in [0.4, 0.5) is 0 Å². The molecule has 0 aromatic carbocycles. The molecule has 2 aromatic rings. The summed E-state index contributed by atoms with van der Waals surface area (Å²) in [5.41, 5.74) is 0.899. The van der Waals surface area contributed by atoms with Crippen LogP contribution >= 0.6 is 0 Å². The highest BCUT2D eigenvalue weighted by Crippen LogP contribution is 2.07. The Hall–Kier alpha value is -1.60. The van der Waals surface area contributed by atoms with Gasteiger partial charge in [0.25, 0.3) is 5.56 Å². The fourth-order valence-electron chi connectivity index (χ4n) is 1.77. The van der Waals surface area contributed by atoms with E-state index in [0.29, 0.717) is 29.0 Å². The van der Waals surface area contributed by atoms with Crippen molar-refractivity contribution in [2.24, 2.45) is 0 Å². The maximum atomic E-state index is 11.7. The Balaban J connectivity index is 2.48. The predicted molar refractivity (Wildman–Crippen MR) is 69.4 cm³/mol. The molecule has 0 spiro atoms. The third kappa shape index (κ3) is 2.46. The van der Waals surface area contributed by atoms with E-state index in [-0.39, 0.29) is 22.9 Å². The first kappa shape index (κ1) is 12.8. The topological polar surface area (TPSA) is 79.9 Å². The van der Waals surface area contributed by atoms with Crippen LogP contribution in [0.3, 0.4) is 0 Å². The summed E-state index contributed by atoms with van der Waals surface area (Å²) in [4.78, 5) is 17.1. The Kier molecular flexibility index (Phi) is 3.83. The average Bonchev–Trinajstić information content (AvgIpc) is 2.80. The molecule has 2 heterocycles. The number of aromatic amines is 2. The lowest BCUT2D eigenvalue weighted by atomic mass is 10.4. The number of fused-ring (bicyclic) bond motifs is 1. The zero-order valence-corrected chi connectivity index (χ0v) is 11.0. The normalized spacial score (nSPS) is 11.3. The summed E-state index contributed by atoms with van der Waals surface area (Å²) in [6.07, 6.45) is 1.82. The number of H-pyrrole nitrogens is 2. The van der Waals surface area contributed by atoms with Gasteiger partial charge in [-0.3, -0.25) is 9.78 Å². The smallest absolute Gasteiger partial charge is 0.276 e. The summed E-state index contributed by atoms with van der Waals surface area (Å²) in [6.45, 7) is 4.91. The van der Waals surface area contributed by atoms with Crippen molar-refractivity contribution in [2.75, 3.05) is 6.61 Å². The summed E-state index contributed by atoms with van der Waals surface area (Å²) in [5.74, 6) is 0. The highest BCUT2D eigenvalue weighted by atomic mass is 32.1.